The van der Waals surface area contributed by atoms with Gasteiger partial charge >= 0.3 is 0 Å². The Balaban J connectivity index is 1.73. The van der Waals surface area contributed by atoms with Gasteiger partial charge in [-0.1, -0.05) is 19.3 Å². The van der Waals surface area contributed by atoms with Gasteiger partial charge in [0.05, 0.1) is 18.8 Å². The number of amides is 1. The zero-order chi connectivity index (χ0) is 15.2. The molecule has 5 nitrogen and oxygen atoms in total. The summed E-state index contributed by atoms with van der Waals surface area (Å²) in [7, 11) is 4.07. The Morgan fingerprint density at radius 1 is 1.38 bits per heavy atom. The number of nitrogens with one attached hydrogen (secondary N) is 1. The van der Waals surface area contributed by atoms with Crippen LogP contribution in [-0.2, 0) is 9.53 Å². The number of likely N-dealkylation sites (N-methyl/N-ethyl adjacent to an activating group) is 2. The Morgan fingerprint density at radius 2 is 2.10 bits per heavy atom. The van der Waals surface area contributed by atoms with Gasteiger partial charge in [-0.15, -0.1) is 0 Å². The lowest BCUT2D eigenvalue weighted by Crippen LogP contribution is -2.51. The van der Waals surface area contributed by atoms with Gasteiger partial charge in [0.25, 0.3) is 0 Å². The highest BCUT2D eigenvalue weighted by molar-refractivity contribution is 5.81. The molecule has 21 heavy (non-hydrogen) atoms. The van der Waals surface area contributed by atoms with Crippen LogP contribution in [0.3, 0.4) is 0 Å². The number of carbonyl (C=O) groups is 1. The molecule has 0 aromatic carbocycles. The number of nitrogens with zero attached hydrogens (tertiary/aromatic N) is 2. The van der Waals surface area contributed by atoms with E-state index in [2.05, 4.69) is 17.3 Å². The average molecular weight is 297 g/mol. The molecule has 0 spiro atoms. The van der Waals surface area contributed by atoms with Crippen LogP contribution >= 0.6 is 0 Å². The Morgan fingerprint density at radius 3 is 2.76 bits per heavy atom. The summed E-state index contributed by atoms with van der Waals surface area (Å²) in [5.74, 6) is 0.214. The van der Waals surface area contributed by atoms with E-state index in [0.717, 1.165) is 39.1 Å². The summed E-state index contributed by atoms with van der Waals surface area (Å²) in [6.07, 6.45) is 6.34. The van der Waals surface area contributed by atoms with Gasteiger partial charge in [0.2, 0.25) is 5.91 Å². The van der Waals surface area contributed by atoms with Crippen molar-refractivity contribution in [3.8, 4) is 0 Å². The van der Waals surface area contributed by atoms with Crippen molar-refractivity contribution >= 4 is 5.91 Å². The number of rotatable bonds is 5. The van der Waals surface area contributed by atoms with Crippen molar-refractivity contribution in [2.45, 2.75) is 57.2 Å². The molecule has 0 bridgehead atoms. The maximum absolute atomic E-state index is 12.5. The van der Waals surface area contributed by atoms with Crippen molar-refractivity contribution in [2.75, 3.05) is 40.3 Å². The SMILES string of the molecule is CC(NCC1CN(C)CCO1)C(=O)N(C)C1CCCCC1. The molecular formula is C16H31N3O2. The number of hydrogen-bond donors (Lipinski definition) is 1. The first-order valence-corrected chi connectivity index (χ1v) is 8.38. The Bertz CT molecular complexity index is 331. The zero-order valence-electron chi connectivity index (χ0n) is 13.8. The van der Waals surface area contributed by atoms with E-state index in [1.165, 1.54) is 19.3 Å². The first-order valence-electron chi connectivity index (χ1n) is 8.38. The zero-order valence-corrected chi connectivity index (χ0v) is 13.8. The summed E-state index contributed by atoms with van der Waals surface area (Å²) in [4.78, 5) is 16.7. The number of hydrogen-bond acceptors (Lipinski definition) is 4. The summed E-state index contributed by atoms with van der Waals surface area (Å²) in [5.41, 5.74) is 0. The van der Waals surface area contributed by atoms with E-state index < -0.39 is 0 Å². The molecule has 0 aromatic heterocycles. The monoisotopic (exact) mass is 297 g/mol. The third-order valence-electron chi connectivity index (χ3n) is 4.83. The Labute approximate surface area is 129 Å². The van der Waals surface area contributed by atoms with E-state index in [9.17, 15) is 4.79 Å². The molecule has 122 valence electrons. The van der Waals surface area contributed by atoms with Gasteiger partial charge in [-0.3, -0.25) is 4.79 Å². The summed E-state index contributed by atoms with van der Waals surface area (Å²) < 4.78 is 5.73. The van der Waals surface area contributed by atoms with E-state index in [1.807, 2.05) is 18.9 Å². The molecule has 1 saturated heterocycles. The second-order valence-electron chi connectivity index (χ2n) is 6.63. The van der Waals surface area contributed by atoms with Gasteiger partial charge < -0.3 is 19.9 Å². The maximum atomic E-state index is 12.5. The van der Waals surface area contributed by atoms with Crippen LogP contribution in [0.15, 0.2) is 0 Å². The smallest absolute Gasteiger partial charge is 0.239 e. The topological polar surface area (TPSA) is 44.8 Å². The minimum Gasteiger partial charge on any atom is -0.374 e. The van der Waals surface area contributed by atoms with Crippen molar-refractivity contribution in [1.82, 2.24) is 15.1 Å². The first kappa shape index (κ1) is 16.7. The molecule has 2 atom stereocenters. The lowest BCUT2D eigenvalue weighted by atomic mass is 9.94. The molecule has 0 radical (unpaired) electrons. The van der Waals surface area contributed by atoms with Crippen molar-refractivity contribution in [1.29, 1.82) is 0 Å². The summed E-state index contributed by atoms with van der Waals surface area (Å²) >= 11 is 0. The van der Waals surface area contributed by atoms with Gasteiger partial charge in [-0.2, -0.15) is 0 Å². The van der Waals surface area contributed by atoms with E-state index in [-0.39, 0.29) is 18.1 Å². The summed E-state index contributed by atoms with van der Waals surface area (Å²) in [5, 5.41) is 3.35. The quantitative estimate of drug-likeness (QED) is 0.825. The predicted molar refractivity (Wildman–Crippen MR) is 84.3 cm³/mol. The van der Waals surface area contributed by atoms with E-state index >= 15 is 0 Å². The minimum atomic E-state index is -0.132. The highest BCUT2D eigenvalue weighted by atomic mass is 16.5. The largest absolute Gasteiger partial charge is 0.374 e. The molecule has 2 fully saturated rings. The highest BCUT2D eigenvalue weighted by Gasteiger charge is 2.26. The van der Waals surface area contributed by atoms with Crippen LogP contribution < -0.4 is 5.32 Å². The van der Waals surface area contributed by atoms with Gasteiger partial charge in [-0.25, -0.2) is 0 Å². The fraction of sp³-hybridized carbons (Fsp3) is 0.938. The van der Waals surface area contributed by atoms with Crippen LogP contribution in [0.25, 0.3) is 0 Å². The molecule has 1 heterocycles. The number of ether oxygens (including phenoxy) is 1. The lowest BCUT2D eigenvalue weighted by Gasteiger charge is -2.34. The fourth-order valence-corrected chi connectivity index (χ4v) is 3.34. The van der Waals surface area contributed by atoms with Crippen molar-refractivity contribution < 1.29 is 9.53 Å². The number of morpholine rings is 1. The van der Waals surface area contributed by atoms with E-state index in [0.29, 0.717) is 6.04 Å². The maximum Gasteiger partial charge on any atom is 0.239 e. The number of carbonyl (C=O) groups excluding carboxylic acids is 1. The molecule has 0 aromatic rings. The van der Waals surface area contributed by atoms with Crippen molar-refractivity contribution in [2.24, 2.45) is 0 Å². The van der Waals surface area contributed by atoms with Crippen molar-refractivity contribution in [3.05, 3.63) is 0 Å². The molecule has 1 saturated carbocycles. The van der Waals surface area contributed by atoms with Gasteiger partial charge in [-0.05, 0) is 26.8 Å². The molecular weight excluding hydrogens is 266 g/mol. The average Bonchev–Trinajstić information content (AvgIpc) is 2.52. The van der Waals surface area contributed by atoms with Crippen LogP contribution in [0.4, 0.5) is 0 Å². The third-order valence-corrected chi connectivity index (χ3v) is 4.83. The van der Waals surface area contributed by atoms with Gasteiger partial charge in [0.15, 0.2) is 0 Å². The van der Waals surface area contributed by atoms with E-state index in [4.69, 9.17) is 4.74 Å². The summed E-state index contributed by atoms with van der Waals surface area (Å²) in [6.45, 7) is 5.43. The second-order valence-corrected chi connectivity index (χ2v) is 6.63. The van der Waals surface area contributed by atoms with Crippen LogP contribution in [0.1, 0.15) is 39.0 Å². The van der Waals surface area contributed by atoms with Crippen LogP contribution in [-0.4, -0.2) is 74.2 Å². The molecule has 1 N–H and O–H groups in total. The Hall–Kier alpha value is -0.650. The molecule has 1 amide bonds. The van der Waals surface area contributed by atoms with Crippen LogP contribution in [0.5, 0.6) is 0 Å². The van der Waals surface area contributed by atoms with Gasteiger partial charge in [0.1, 0.15) is 0 Å². The molecule has 2 unspecified atom stereocenters. The highest BCUT2D eigenvalue weighted by Crippen LogP contribution is 2.22. The first-order chi connectivity index (χ1) is 10.1. The molecule has 2 rings (SSSR count). The molecule has 1 aliphatic heterocycles. The molecule has 5 heteroatoms. The Kier molecular flexibility index (Phi) is 6.45. The lowest BCUT2D eigenvalue weighted by molar-refractivity contribution is -0.134. The van der Waals surface area contributed by atoms with Gasteiger partial charge in [0, 0.05) is 32.7 Å². The standard InChI is InChI=1S/C16H31N3O2/c1-13(17-11-15-12-18(2)9-10-21-15)16(20)19(3)14-7-5-4-6-8-14/h13-15,17H,4-12H2,1-3H3. The summed E-state index contributed by atoms with van der Waals surface area (Å²) in [6, 6.07) is 0.306. The van der Waals surface area contributed by atoms with Crippen molar-refractivity contribution in [3.63, 3.8) is 0 Å². The van der Waals surface area contributed by atoms with Crippen LogP contribution in [0, 0.1) is 0 Å². The van der Waals surface area contributed by atoms with E-state index in [1.54, 1.807) is 0 Å². The predicted octanol–water partition coefficient (Wildman–Crippen LogP) is 1.09. The third kappa shape index (κ3) is 4.94. The molecule has 1 aliphatic carbocycles. The fourth-order valence-electron chi connectivity index (χ4n) is 3.34. The molecule has 2 aliphatic rings. The normalized spacial score (nSPS) is 26.5. The second kappa shape index (κ2) is 8.11. The minimum absolute atomic E-state index is 0.132. The van der Waals surface area contributed by atoms with Crippen LogP contribution in [0.2, 0.25) is 0 Å².